The van der Waals surface area contributed by atoms with Crippen molar-refractivity contribution in [3.8, 4) is 11.5 Å². The predicted molar refractivity (Wildman–Crippen MR) is 116 cm³/mol. The molecule has 2 aromatic rings. The van der Waals surface area contributed by atoms with Crippen molar-refractivity contribution >= 4 is 29.3 Å². The van der Waals surface area contributed by atoms with Gasteiger partial charge in [-0.3, -0.25) is 4.90 Å². The van der Waals surface area contributed by atoms with Crippen molar-refractivity contribution < 1.29 is 14.3 Å². The number of hydrogen-bond donors (Lipinski definition) is 0. The van der Waals surface area contributed by atoms with Crippen LogP contribution in [0.25, 0.3) is 0 Å². The molecule has 7 heteroatoms. The molecule has 0 saturated carbocycles. The van der Waals surface area contributed by atoms with Crippen LogP contribution in [0.15, 0.2) is 42.5 Å². The van der Waals surface area contributed by atoms with Gasteiger partial charge in [-0.05, 0) is 68.8 Å². The SMILES string of the molecule is CC(C)(C)OC(=O)N1CCN(Cc2cc(Cl)cc(Oc3ccc(Cl)cc3)c2)CC1. The summed E-state index contributed by atoms with van der Waals surface area (Å²) in [4.78, 5) is 16.3. The maximum Gasteiger partial charge on any atom is 0.410 e. The number of carbonyl (C=O) groups excluding carboxylic acids is 1. The van der Waals surface area contributed by atoms with Crippen LogP contribution in [-0.4, -0.2) is 47.7 Å². The summed E-state index contributed by atoms with van der Waals surface area (Å²) < 4.78 is 11.4. The molecule has 5 nitrogen and oxygen atoms in total. The zero-order valence-corrected chi connectivity index (χ0v) is 18.5. The van der Waals surface area contributed by atoms with Gasteiger partial charge in [0.1, 0.15) is 17.1 Å². The number of hydrogen-bond acceptors (Lipinski definition) is 4. The standard InChI is InChI=1S/C22H26Cl2N2O3/c1-22(2,3)29-21(27)26-10-8-25(9-11-26)15-16-12-18(24)14-20(13-16)28-19-6-4-17(23)5-7-19/h4-7,12-14H,8-11,15H2,1-3H3. The lowest BCUT2D eigenvalue weighted by molar-refractivity contribution is 0.0139. The fourth-order valence-electron chi connectivity index (χ4n) is 3.08. The van der Waals surface area contributed by atoms with E-state index >= 15 is 0 Å². The molecule has 0 aromatic heterocycles. The van der Waals surface area contributed by atoms with Crippen molar-refractivity contribution in [2.75, 3.05) is 26.2 Å². The first kappa shape index (κ1) is 21.8. The number of ether oxygens (including phenoxy) is 2. The summed E-state index contributed by atoms with van der Waals surface area (Å²) in [7, 11) is 0. The first-order valence-electron chi connectivity index (χ1n) is 9.61. The van der Waals surface area contributed by atoms with E-state index in [-0.39, 0.29) is 6.09 Å². The zero-order chi connectivity index (χ0) is 21.0. The summed E-state index contributed by atoms with van der Waals surface area (Å²) in [5.74, 6) is 1.39. The third-order valence-electron chi connectivity index (χ3n) is 4.41. The molecule has 29 heavy (non-hydrogen) atoms. The fraction of sp³-hybridized carbons (Fsp3) is 0.409. The third kappa shape index (κ3) is 6.81. The Morgan fingerprint density at radius 2 is 1.59 bits per heavy atom. The average molecular weight is 437 g/mol. The third-order valence-corrected chi connectivity index (χ3v) is 4.88. The number of rotatable bonds is 4. The Kier molecular flexibility index (Phi) is 6.93. The van der Waals surface area contributed by atoms with Crippen LogP contribution in [0.4, 0.5) is 4.79 Å². The molecule has 1 aliphatic rings. The minimum Gasteiger partial charge on any atom is -0.457 e. The van der Waals surface area contributed by atoms with Gasteiger partial charge in [0.2, 0.25) is 0 Å². The van der Waals surface area contributed by atoms with E-state index in [0.717, 1.165) is 25.2 Å². The Labute approximate surface area is 182 Å². The van der Waals surface area contributed by atoms with E-state index in [1.54, 1.807) is 23.1 Å². The molecule has 0 unspecified atom stereocenters. The van der Waals surface area contributed by atoms with Gasteiger partial charge in [0.25, 0.3) is 0 Å². The second kappa shape index (κ2) is 9.24. The minimum absolute atomic E-state index is 0.251. The van der Waals surface area contributed by atoms with E-state index < -0.39 is 5.60 Å². The summed E-state index contributed by atoms with van der Waals surface area (Å²) in [6.07, 6.45) is -0.251. The van der Waals surface area contributed by atoms with Crippen molar-refractivity contribution in [3.05, 3.63) is 58.1 Å². The maximum atomic E-state index is 12.2. The molecule has 2 aromatic carbocycles. The number of piperazine rings is 1. The molecule has 156 valence electrons. The van der Waals surface area contributed by atoms with Crippen molar-refractivity contribution in [3.63, 3.8) is 0 Å². The monoisotopic (exact) mass is 436 g/mol. The molecular weight excluding hydrogens is 411 g/mol. The van der Waals surface area contributed by atoms with Crippen LogP contribution in [0.3, 0.4) is 0 Å². The van der Waals surface area contributed by atoms with Crippen LogP contribution in [0.2, 0.25) is 10.0 Å². The molecule has 0 bridgehead atoms. The van der Waals surface area contributed by atoms with Crippen LogP contribution in [-0.2, 0) is 11.3 Å². The second-order valence-electron chi connectivity index (χ2n) is 8.09. The van der Waals surface area contributed by atoms with Crippen LogP contribution < -0.4 is 4.74 Å². The number of amides is 1. The highest BCUT2D eigenvalue weighted by Gasteiger charge is 2.25. The first-order chi connectivity index (χ1) is 13.7. The average Bonchev–Trinajstić information content (AvgIpc) is 2.62. The smallest absolute Gasteiger partial charge is 0.410 e. The lowest BCUT2D eigenvalue weighted by atomic mass is 10.2. The maximum absolute atomic E-state index is 12.2. The fourth-order valence-corrected chi connectivity index (χ4v) is 3.46. The largest absolute Gasteiger partial charge is 0.457 e. The highest BCUT2D eigenvalue weighted by molar-refractivity contribution is 6.31. The van der Waals surface area contributed by atoms with Gasteiger partial charge in [0, 0.05) is 42.8 Å². The molecule has 1 fully saturated rings. The number of nitrogens with zero attached hydrogens (tertiary/aromatic N) is 2. The molecule has 1 aliphatic heterocycles. The van der Waals surface area contributed by atoms with Crippen LogP contribution in [0, 0.1) is 0 Å². The lowest BCUT2D eigenvalue weighted by Gasteiger charge is -2.35. The Hall–Kier alpha value is -1.95. The lowest BCUT2D eigenvalue weighted by Crippen LogP contribution is -2.49. The second-order valence-corrected chi connectivity index (χ2v) is 8.97. The Morgan fingerprint density at radius 1 is 0.931 bits per heavy atom. The van der Waals surface area contributed by atoms with Gasteiger partial charge in [-0.2, -0.15) is 0 Å². The highest BCUT2D eigenvalue weighted by atomic mass is 35.5. The number of benzene rings is 2. The number of halogens is 2. The molecule has 0 spiro atoms. The summed E-state index contributed by atoms with van der Waals surface area (Å²) >= 11 is 12.2. The molecule has 0 aliphatic carbocycles. The van der Waals surface area contributed by atoms with Gasteiger partial charge < -0.3 is 14.4 Å². The van der Waals surface area contributed by atoms with Gasteiger partial charge in [0.05, 0.1) is 0 Å². The zero-order valence-electron chi connectivity index (χ0n) is 17.0. The van der Waals surface area contributed by atoms with Crippen LogP contribution >= 0.6 is 23.2 Å². The number of carbonyl (C=O) groups is 1. The summed E-state index contributed by atoms with van der Waals surface area (Å²) in [5, 5.41) is 1.29. The summed E-state index contributed by atoms with van der Waals surface area (Å²) in [5.41, 5.74) is 0.586. The van der Waals surface area contributed by atoms with E-state index in [1.165, 1.54) is 0 Å². The van der Waals surface area contributed by atoms with Crippen LogP contribution in [0.1, 0.15) is 26.3 Å². The molecule has 1 saturated heterocycles. The van der Waals surface area contributed by atoms with E-state index in [2.05, 4.69) is 4.90 Å². The quantitative estimate of drug-likeness (QED) is 0.603. The van der Waals surface area contributed by atoms with Crippen molar-refractivity contribution in [2.24, 2.45) is 0 Å². The van der Waals surface area contributed by atoms with Gasteiger partial charge >= 0.3 is 6.09 Å². The molecular formula is C22H26Cl2N2O3. The van der Waals surface area contributed by atoms with E-state index in [9.17, 15) is 4.79 Å². The molecule has 1 heterocycles. The molecule has 0 radical (unpaired) electrons. The van der Waals surface area contributed by atoms with Gasteiger partial charge in [0.15, 0.2) is 0 Å². The summed E-state index contributed by atoms with van der Waals surface area (Å²) in [6, 6.07) is 12.9. The molecule has 0 atom stereocenters. The van der Waals surface area contributed by atoms with Crippen LogP contribution in [0.5, 0.6) is 11.5 Å². The normalized spacial score (nSPS) is 15.3. The Bertz CT molecular complexity index is 842. The predicted octanol–water partition coefficient (Wildman–Crippen LogP) is 5.84. The highest BCUT2D eigenvalue weighted by Crippen LogP contribution is 2.28. The van der Waals surface area contributed by atoms with Crippen molar-refractivity contribution in [1.29, 1.82) is 0 Å². The molecule has 3 rings (SSSR count). The topological polar surface area (TPSA) is 42.0 Å². The van der Waals surface area contributed by atoms with E-state index in [0.29, 0.717) is 34.6 Å². The minimum atomic E-state index is -0.477. The van der Waals surface area contributed by atoms with Crippen molar-refractivity contribution in [2.45, 2.75) is 32.9 Å². The van der Waals surface area contributed by atoms with Gasteiger partial charge in [-0.1, -0.05) is 23.2 Å². The summed E-state index contributed by atoms with van der Waals surface area (Å²) in [6.45, 7) is 9.21. The Balaban J connectivity index is 1.57. The first-order valence-corrected chi connectivity index (χ1v) is 10.4. The Morgan fingerprint density at radius 3 is 2.21 bits per heavy atom. The van der Waals surface area contributed by atoms with Gasteiger partial charge in [-0.25, -0.2) is 4.79 Å². The van der Waals surface area contributed by atoms with E-state index in [4.69, 9.17) is 32.7 Å². The molecule has 0 N–H and O–H groups in total. The van der Waals surface area contributed by atoms with E-state index in [1.807, 2.05) is 45.0 Å². The van der Waals surface area contributed by atoms with Crippen molar-refractivity contribution in [1.82, 2.24) is 9.80 Å². The molecule has 1 amide bonds. The van der Waals surface area contributed by atoms with Gasteiger partial charge in [-0.15, -0.1) is 0 Å².